The van der Waals surface area contributed by atoms with Crippen LogP contribution in [0.15, 0.2) is 65.5 Å². The lowest BCUT2D eigenvalue weighted by atomic mass is 9.98. The van der Waals surface area contributed by atoms with Gasteiger partial charge in [-0.25, -0.2) is 0 Å². The normalized spacial score (nSPS) is 17.8. The Hall–Kier alpha value is -2.99. The van der Waals surface area contributed by atoms with E-state index in [9.17, 15) is 4.79 Å². The third-order valence-electron chi connectivity index (χ3n) is 4.55. The van der Waals surface area contributed by atoms with Gasteiger partial charge in [0.15, 0.2) is 0 Å². The van der Waals surface area contributed by atoms with Crippen LogP contribution < -0.4 is 5.32 Å². The summed E-state index contributed by atoms with van der Waals surface area (Å²) in [5.41, 5.74) is 2.43. The molecular formula is C20H19N3O3. The number of carbonyl (C=O) groups is 1. The Morgan fingerprint density at radius 3 is 2.58 bits per heavy atom. The Bertz CT molecular complexity index is 842. The summed E-state index contributed by atoms with van der Waals surface area (Å²) in [7, 11) is 0. The van der Waals surface area contributed by atoms with Crippen molar-refractivity contribution in [2.24, 2.45) is 0 Å². The van der Waals surface area contributed by atoms with Gasteiger partial charge in [0.1, 0.15) is 0 Å². The van der Waals surface area contributed by atoms with Gasteiger partial charge in [0, 0.05) is 17.7 Å². The van der Waals surface area contributed by atoms with E-state index in [1.165, 1.54) is 6.39 Å². The molecule has 0 saturated carbocycles. The van der Waals surface area contributed by atoms with Crippen LogP contribution >= 0.6 is 0 Å². The van der Waals surface area contributed by atoms with E-state index in [-0.39, 0.29) is 18.1 Å². The van der Waals surface area contributed by atoms with Gasteiger partial charge in [-0.3, -0.25) is 4.79 Å². The van der Waals surface area contributed by atoms with Gasteiger partial charge in [0.05, 0.1) is 12.1 Å². The third-order valence-corrected chi connectivity index (χ3v) is 4.55. The van der Waals surface area contributed by atoms with Crippen molar-refractivity contribution in [3.8, 4) is 11.4 Å². The van der Waals surface area contributed by atoms with Crippen molar-refractivity contribution < 1.29 is 14.1 Å². The van der Waals surface area contributed by atoms with Crippen LogP contribution in [0.3, 0.4) is 0 Å². The minimum Gasteiger partial charge on any atom is -0.376 e. The van der Waals surface area contributed by atoms with E-state index < -0.39 is 0 Å². The van der Waals surface area contributed by atoms with Crippen molar-refractivity contribution in [1.29, 1.82) is 0 Å². The summed E-state index contributed by atoms with van der Waals surface area (Å²) in [4.78, 5) is 16.8. The molecule has 0 radical (unpaired) electrons. The first-order valence-electron chi connectivity index (χ1n) is 8.65. The second-order valence-electron chi connectivity index (χ2n) is 6.25. The molecule has 0 spiro atoms. The highest BCUT2D eigenvalue weighted by Crippen LogP contribution is 2.27. The maximum absolute atomic E-state index is 12.8. The average molecular weight is 349 g/mol. The van der Waals surface area contributed by atoms with E-state index in [1.54, 1.807) is 12.1 Å². The second-order valence-corrected chi connectivity index (χ2v) is 6.25. The Morgan fingerprint density at radius 2 is 1.92 bits per heavy atom. The number of carbonyl (C=O) groups excluding carboxylic acids is 1. The second kappa shape index (κ2) is 7.49. The highest BCUT2D eigenvalue weighted by molar-refractivity contribution is 5.94. The van der Waals surface area contributed by atoms with Crippen molar-refractivity contribution in [3.63, 3.8) is 0 Å². The van der Waals surface area contributed by atoms with Crippen LogP contribution in [0.5, 0.6) is 0 Å². The maximum Gasteiger partial charge on any atom is 0.251 e. The largest absolute Gasteiger partial charge is 0.376 e. The predicted molar refractivity (Wildman–Crippen MR) is 95.4 cm³/mol. The number of aromatic nitrogens is 2. The van der Waals surface area contributed by atoms with Gasteiger partial charge in [-0.1, -0.05) is 47.6 Å². The number of rotatable bonds is 5. The van der Waals surface area contributed by atoms with Crippen molar-refractivity contribution in [1.82, 2.24) is 15.5 Å². The summed E-state index contributed by atoms with van der Waals surface area (Å²) >= 11 is 0. The molecule has 1 aromatic heterocycles. The highest BCUT2D eigenvalue weighted by Gasteiger charge is 2.28. The van der Waals surface area contributed by atoms with Gasteiger partial charge in [0.2, 0.25) is 12.2 Å². The number of nitrogens with one attached hydrogen (secondary N) is 1. The zero-order chi connectivity index (χ0) is 17.8. The first-order valence-corrected chi connectivity index (χ1v) is 8.65. The smallest absolute Gasteiger partial charge is 0.251 e. The number of ether oxygens (including phenoxy) is 1. The SMILES string of the molecule is O=C(N[C@H](c1ccccc1)[C@H]1CCCO1)c1ccc(-c2ncon2)cc1. The van der Waals surface area contributed by atoms with Gasteiger partial charge in [-0.2, -0.15) is 4.98 Å². The zero-order valence-corrected chi connectivity index (χ0v) is 14.2. The minimum absolute atomic E-state index is 0.0000430. The molecule has 1 aliphatic heterocycles. The predicted octanol–water partition coefficient (Wildman–Crippen LogP) is 3.39. The molecule has 4 rings (SSSR count). The van der Waals surface area contributed by atoms with E-state index in [0.717, 1.165) is 30.6 Å². The maximum atomic E-state index is 12.8. The van der Waals surface area contributed by atoms with E-state index in [1.807, 2.05) is 42.5 Å². The van der Waals surface area contributed by atoms with E-state index in [2.05, 4.69) is 15.5 Å². The molecule has 26 heavy (non-hydrogen) atoms. The van der Waals surface area contributed by atoms with Crippen molar-refractivity contribution in [2.75, 3.05) is 6.61 Å². The van der Waals surface area contributed by atoms with Gasteiger partial charge in [-0.15, -0.1) is 0 Å². The van der Waals surface area contributed by atoms with Crippen molar-refractivity contribution in [3.05, 3.63) is 72.1 Å². The van der Waals surface area contributed by atoms with E-state index >= 15 is 0 Å². The molecule has 1 saturated heterocycles. The first-order chi connectivity index (χ1) is 12.8. The molecule has 0 unspecified atom stereocenters. The summed E-state index contributed by atoms with van der Waals surface area (Å²) in [5, 5.41) is 6.93. The quantitative estimate of drug-likeness (QED) is 0.764. The summed E-state index contributed by atoms with van der Waals surface area (Å²) < 4.78 is 10.6. The average Bonchev–Trinajstić information content (AvgIpc) is 3.41. The van der Waals surface area contributed by atoms with Gasteiger partial charge < -0.3 is 14.6 Å². The van der Waals surface area contributed by atoms with Crippen LogP contribution in [0.4, 0.5) is 0 Å². The topological polar surface area (TPSA) is 77.2 Å². The Morgan fingerprint density at radius 1 is 1.12 bits per heavy atom. The molecule has 3 aromatic rings. The number of hydrogen-bond acceptors (Lipinski definition) is 5. The molecule has 0 aliphatic carbocycles. The number of benzene rings is 2. The molecule has 2 heterocycles. The Labute approximate surface area is 151 Å². The standard InChI is InChI=1S/C20H19N3O3/c24-20(16-10-8-15(9-11-16)19-21-13-26-23-19)22-18(17-7-4-12-25-17)14-5-2-1-3-6-14/h1-3,5-6,8-11,13,17-18H,4,7,12H2,(H,22,24)/t17-,18-/m1/s1. The lowest BCUT2D eigenvalue weighted by molar-refractivity contribution is 0.0672. The van der Waals surface area contributed by atoms with Crippen LogP contribution in [0.2, 0.25) is 0 Å². The molecule has 6 nitrogen and oxygen atoms in total. The molecule has 132 valence electrons. The third kappa shape index (κ3) is 3.50. The molecule has 1 N–H and O–H groups in total. The molecule has 1 fully saturated rings. The number of hydrogen-bond donors (Lipinski definition) is 1. The Balaban J connectivity index is 1.52. The molecular weight excluding hydrogens is 330 g/mol. The molecule has 1 aliphatic rings. The van der Waals surface area contributed by atoms with Crippen molar-refractivity contribution in [2.45, 2.75) is 25.0 Å². The van der Waals surface area contributed by atoms with Gasteiger partial charge >= 0.3 is 0 Å². The first kappa shape index (κ1) is 16.5. The van der Waals surface area contributed by atoms with Crippen molar-refractivity contribution >= 4 is 5.91 Å². The molecule has 1 amide bonds. The van der Waals surface area contributed by atoms with Crippen LogP contribution in [0.1, 0.15) is 34.8 Å². The van der Waals surface area contributed by atoms with Crippen LogP contribution in [0, 0.1) is 0 Å². The van der Waals surface area contributed by atoms with E-state index in [0.29, 0.717) is 11.4 Å². The zero-order valence-electron chi connectivity index (χ0n) is 14.2. The van der Waals surface area contributed by atoms with E-state index in [4.69, 9.17) is 9.26 Å². The van der Waals surface area contributed by atoms with Gasteiger partial charge in [-0.05, 0) is 30.5 Å². The fourth-order valence-electron chi connectivity index (χ4n) is 3.21. The summed E-state index contributed by atoms with van der Waals surface area (Å²) in [6.07, 6.45) is 3.24. The fourth-order valence-corrected chi connectivity index (χ4v) is 3.21. The molecule has 2 aromatic carbocycles. The molecule has 2 atom stereocenters. The lowest BCUT2D eigenvalue weighted by Crippen LogP contribution is -2.36. The highest BCUT2D eigenvalue weighted by atomic mass is 16.5. The molecule has 0 bridgehead atoms. The van der Waals surface area contributed by atoms with Crippen LogP contribution in [-0.4, -0.2) is 28.8 Å². The summed E-state index contributed by atoms with van der Waals surface area (Å²) in [6, 6.07) is 16.9. The molecule has 6 heteroatoms. The lowest BCUT2D eigenvalue weighted by Gasteiger charge is -2.24. The monoisotopic (exact) mass is 349 g/mol. The summed E-state index contributed by atoms with van der Waals surface area (Å²) in [6.45, 7) is 0.739. The van der Waals surface area contributed by atoms with Crippen LogP contribution in [-0.2, 0) is 4.74 Å². The Kier molecular flexibility index (Phi) is 4.75. The minimum atomic E-state index is -0.164. The number of amides is 1. The number of nitrogens with zero attached hydrogens (tertiary/aromatic N) is 2. The van der Waals surface area contributed by atoms with Gasteiger partial charge in [0.25, 0.3) is 5.91 Å². The summed E-state index contributed by atoms with van der Waals surface area (Å²) in [5.74, 6) is 0.368. The fraction of sp³-hybridized carbons (Fsp3) is 0.250. The van der Waals surface area contributed by atoms with Crippen LogP contribution in [0.25, 0.3) is 11.4 Å².